The second kappa shape index (κ2) is 7.44. The summed E-state index contributed by atoms with van der Waals surface area (Å²) in [6, 6.07) is 3.87. The van der Waals surface area contributed by atoms with Crippen LogP contribution in [0.15, 0.2) is 18.2 Å². The molecule has 0 radical (unpaired) electrons. The Morgan fingerprint density at radius 2 is 2.15 bits per heavy atom. The smallest absolute Gasteiger partial charge is 0.270 e. The van der Waals surface area contributed by atoms with Crippen LogP contribution in [0.4, 0.5) is 11.4 Å². The predicted molar refractivity (Wildman–Crippen MR) is 75.6 cm³/mol. The molecule has 2 N–H and O–H groups in total. The first-order valence-electron chi connectivity index (χ1n) is 6.42. The zero-order valence-corrected chi connectivity index (χ0v) is 11.7. The number of ether oxygens (including phenoxy) is 1. The van der Waals surface area contributed by atoms with Crippen molar-refractivity contribution in [3.63, 3.8) is 0 Å². The van der Waals surface area contributed by atoms with Crippen LogP contribution in [0.5, 0.6) is 0 Å². The average molecular weight is 281 g/mol. The van der Waals surface area contributed by atoms with Gasteiger partial charge in [-0.3, -0.25) is 14.9 Å². The van der Waals surface area contributed by atoms with E-state index in [1.165, 1.54) is 18.2 Å². The van der Waals surface area contributed by atoms with Crippen molar-refractivity contribution in [1.29, 1.82) is 0 Å². The summed E-state index contributed by atoms with van der Waals surface area (Å²) in [4.78, 5) is 24.1. The SMILES string of the molecule is CCOCCN(CC)C(=O)c1cc([N+](=O)[O-])ccc1N. The molecular formula is C13H19N3O4. The molecule has 7 heteroatoms. The summed E-state index contributed by atoms with van der Waals surface area (Å²) in [7, 11) is 0. The van der Waals surface area contributed by atoms with E-state index in [1.807, 2.05) is 13.8 Å². The maximum atomic E-state index is 12.3. The number of carbonyl (C=O) groups excluding carboxylic acids is 1. The van der Waals surface area contributed by atoms with Crippen LogP contribution in [-0.4, -0.2) is 42.0 Å². The topological polar surface area (TPSA) is 98.7 Å². The number of nitrogens with zero attached hydrogens (tertiary/aromatic N) is 2. The fourth-order valence-corrected chi connectivity index (χ4v) is 1.74. The maximum Gasteiger partial charge on any atom is 0.270 e. The molecule has 0 heterocycles. The molecule has 0 aliphatic heterocycles. The highest BCUT2D eigenvalue weighted by atomic mass is 16.6. The molecule has 0 aliphatic rings. The van der Waals surface area contributed by atoms with Crippen molar-refractivity contribution < 1.29 is 14.5 Å². The Morgan fingerprint density at radius 3 is 2.70 bits per heavy atom. The Morgan fingerprint density at radius 1 is 1.45 bits per heavy atom. The molecule has 0 saturated carbocycles. The van der Waals surface area contributed by atoms with Crippen molar-refractivity contribution in [2.24, 2.45) is 0 Å². The number of hydrogen-bond donors (Lipinski definition) is 1. The monoisotopic (exact) mass is 281 g/mol. The van der Waals surface area contributed by atoms with Crippen molar-refractivity contribution in [2.75, 3.05) is 32.0 Å². The first-order valence-corrected chi connectivity index (χ1v) is 6.42. The summed E-state index contributed by atoms with van der Waals surface area (Å²) in [5.74, 6) is -0.326. The van der Waals surface area contributed by atoms with Crippen molar-refractivity contribution in [1.82, 2.24) is 4.90 Å². The van der Waals surface area contributed by atoms with Crippen LogP contribution in [-0.2, 0) is 4.74 Å². The van der Waals surface area contributed by atoms with Gasteiger partial charge in [-0.2, -0.15) is 0 Å². The third-order valence-electron chi connectivity index (χ3n) is 2.86. The van der Waals surface area contributed by atoms with Crippen molar-refractivity contribution in [3.05, 3.63) is 33.9 Å². The molecule has 110 valence electrons. The lowest BCUT2D eigenvalue weighted by Crippen LogP contribution is -2.34. The van der Waals surface area contributed by atoms with Crippen LogP contribution in [0.25, 0.3) is 0 Å². The summed E-state index contributed by atoms with van der Waals surface area (Å²) >= 11 is 0. The lowest BCUT2D eigenvalue weighted by Gasteiger charge is -2.21. The number of nitro benzene ring substituents is 1. The molecule has 0 aliphatic carbocycles. The molecule has 1 aromatic rings. The summed E-state index contributed by atoms with van der Waals surface area (Å²) < 4.78 is 5.21. The van der Waals surface area contributed by atoms with Gasteiger partial charge in [0, 0.05) is 37.5 Å². The van der Waals surface area contributed by atoms with Gasteiger partial charge in [0.15, 0.2) is 0 Å². The van der Waals surface area contributed by atoms with E-state index in [9.17, 15) is 14.9 Å². The molecule has 0 saturated heterocycles. The van der Waals surface area contributed by atoms with Gasteiger partial charge < -0.3 is 15.4 Å². The lowest BCUT2D eigenvalue weighted by molar-refractivity contribution is -0.384. The number of hydrogen-bond acceptors (Lipinski definition) is 5. The van der Waals surface area contributed by atoms with Crippen LogP contribution in [0.1, 0.15) is 24.2 Å². The molecule has 20 heavy (non-hydrogen) atoms. The van der Waals surface area contributed by atoms with Crippen LogP contribution in [0.3, 0.4) is 0 Å². The number of non-ortho nitro benzene ring substituents is 1. The number of nitrogen functional groups attached to an aromatic ring is 1. The Bertz CT molecular complexity index is 491. The number of likely N-dealkylation sites (N-methyl/N-ethyl adjacent to an activating group) is 1. The van der Waals surface area contributed by atoms with Crippen molar-refractivity contribution >= 4 is 17.3 Å². The Labute approximate surface area is 117 Å². The highest BCUT2D eigenvalue weighted by molar-refractivity contribution is 5.99. The van der Waals surface area contributed by atoms with Crippen molar-refractivity contribution in [3.8, 4) is 0 Å². The maximum absolute atomic E-state index is 12.3. The normalized spacial score (nSPS) is 10.3. The Balaban J connectivity index is 2.93. The Kier molecular flexibility index (Phi) is 5.92. The van der Waals surface area contributed by atoms with Gasteiger partial charge in [0.25, 0.3) is 11.6 Å². The molecule has 0 atom stereocenters. The number of rotatable bonds is 7. The van der Waals surface area contributed by atoms with E-state index in [4.69, 9.17) is 10.5 Å². The van der Waals surface area contributed by atoms with E-state index < -0.39 is 4.92 Å². The zero-order chi connectivity index (χ0) is 15.1. The summed E-state index contributed by atoms with van der Waals surface area (Å²) in [5.41, 5.74) is 5.97. The highest BCUT2D eigenvalue weighted by Gasteiger charge is 2.19. The number of benzene rings is 1. The largest absolute Gasteiger partial charge is 0.398 e. The minimum absolute atomic E-state index is 0.150. The van der Waals surface area contributed by atoms with Gasteiger partial charge in [-0.15, -0.1) is 0 Å². The molecule has 1 amide bonds. The second-order valence-electron chi connectivity index (χ2n) is 4.11. The molecule has 7 nitrogen and oxygen atoms in total. The first-order chi connectivity index (χ1) is 9.51. The van der Waals surface area contributed by atoms with Gasteiger partial charge in [0.2, 0.25) is 0 Å². The third-order valence-corrected chi connectivity index (χ3v) is 2.86. The standard InChI is InChI=1S/C13H19N3O4/c1-3-15(7-8-20-4-2)13(17)11-9-10(16(18)19)5-6-12(11)14/h5-6,9H,3-4,7-8,14H2,1-2H3. The quantitative estimate of drug-likeness (QED) is 0.355. The third kappa shape index (κ3) is 3.92. The van der Waals surface area contributed by atoms with E-state index in [1.54, 1.807) is 4.90 Å². The number of nitrogens with two attached hydrogens (primary N) is 1. The minimum atomic E-state index is -0.549. The van der Waals surface area contributed by atoms with E-state index in [-0.39, 0.29) is 22.8 Å². The molecule has 0 unspecified atom stereocenters. The number of anilines is 1. The van der Waals surface area contributed by atoms with Crippen LogP contribution in [0, 0.1) is 10.1 Å². The highest BCUT2D eigenvalue weighted by Crippen LogP contribution is 2.21. The number of amides is 1. The number of carbonyl (C=O) groups is 1. The number of nitro groups is 1. The fraction of sp³-hybridized carbons (Fsp3) is 0.462. The lowest BCUT2D eigenvalue weighted by atomic mass is 10.1. The molecule has 0 aromatic heterocycles. The van der Waals surface area contributed by atoms with E-state index in [0.717, 1.165) is 0 Å². The second-order valence-corrected chi connectivity index (χ2v) is 4.11. The van der Waals surface area contributed by atoms with Gasteiger partial charge in [0.05, 0.1) is 17.1 Å². The zero-order valence-electron chi connectivity index (χ0n) is 11.7. The van der Waals surface area contributed by atoms with Crippen LogP contribution >= 0.6 is 0 Å². The van der Waals surface area contributed by atoms with Crippen molar-refractivity contribution in [2.45, 2.75) is 13.8 Å². The molecule has 1 rings (SSSR count). The Hall–Kier alpha value is -2.15. The van der Waals surface area contributed by atoms with E-state index in [2.05, 4.69) is 0 Å². The van der Waals surface area contributed by atoms with Gasteiger partial charge in [-0.25, -0.2) is 0 Å². The van der Waals surface area contributed by atoms with Gasteiger partial charge >= 0.3 is 0 Å². The summed E-state index contributed by atoms with van der Waals surface area (Å²) in [5, 5.41) is 10.8. The molecule has 0 spiro atoms. The van der Waals surface area contributed by atoms with Crippen LogP contribution < -0.4 is 5.73 Å². The molecule has 1 aromatic carbocycles. The molecular weight excluding hydrogens is 262 g/mol. The fourth-order valence-electron chi connectivity index (χ4n) is 1.74. The average Bonchev–Trinajstić information content (AvgIpc) is 2.43. The van der Waals surface area contributed by atoms with Gasteiger partial charge in [-0.05, 0) is 19.9 Å². The summed E-state index contributed by atoms with van der Waals surface area (Å²) in [6.45, 7) is 5.60. The van der Waals surface area contributed by atoms with Gasteiger partial charge in [-0.1, -0.05) is 0 Å². The summed E-state index contributed by atoms with van der Waals surface area (Å²) in [6.07, 6.45) is 0. The predicted octanol–water partition coefficient (Wildman–Crippen LogP) is 1.68. The van der Waals surface area contributed by atoms with E-state index >= 15 is 0 Å². The molecule has 0 fully saturated rings. The van der Waals surface area contributed by atoms with Gasteiger partial charge in [0.1, 0.15) is 0 Å². The van der Waals surface area contributed by atoms with Crippen LogP contribution in [0.2, 0.25) is 0 Å². The van der Waals surface area contributed by atoms with E-state index in [0.29, 0.717) is 26.3 Å². The minimum Gasteiger partial charge on any atom is -0.398 e. The first kappa shape index (κ1) is 15.9. The molecule has 0 bridgehead atoms.